The summed E-state index contributed by atoms with van der Waals surface area (Å²) < 4.78 is 1.78. The molecule has 0 saturated carbocycles. The van der Waals surface area contributed by atoms with E-state index in [9.17, 15) is 9.59 Å². The molecule has 3 heterocycles. The summed E-state index contributed by atoms with van der Waals surface area (Å²) in [5.74, 6) is 0.800. The van der Waals surface area contributed by atoms with Crippen LogP contribution in [0.25, 0.3) is 16.8 Å². The molecule has 2 amide bonds. The molecule has 0 bridgehead atoms. The first-order valence-electron chi connectivity index (χ1n) is 9.41. The summed E-state index contributed by atoms with van der Waals surface area (Å²) in [5, 5.41) is 5.46. The van der Waals surface area contributed by atoms with Crippen molar-refractivity contribution in [3.05, 3.63) is 85.1 Å². The third-order valence-corrected chi connectivity index (χ3v) is 4.59. The van der Waals surface area contributed by atoms with E-state index in [-0.39, 0.29) is 18.4 Å². The van der Waals surface area contributed by atoms with Crippen molar-refractivity contribution in [1.29, 1.82) is 0 Å². The van der Waals surface area contributed by atoms with Crippen LogP contribution in [0.15, 0.2) is 73.7 Å². The molecule has 3 aromatic heterocycles. The molecule has 0 saturated heterocycles. The summed E-state index contributed by atoms with van der Waals surface area (Å²) in [6.07, 6.45) is 6.10. The Hall–Kier alpha value is -4.53. The van der Waals surface area contributed by atoms with E-state index in [1.54, 1.807) is 65.5 Å². The minimum absolute atomic E-state index is 0.194. The van der Waals surface area contributed by atoms with Crippen LogP contribution in [0.5, 0.6) is 0 Å². The highest BCUT2D eigenvalue weighted by atomic mass is 16.2. The van der Waals surface area contributed by atoms with Gasteiger partial charge < -0.3 is 16.4 Å². The van der Waals surface area contributed by atoms with Crippen molar-refractivity contribution in [2.24, 2.45) is 0 Å². The molecule has 9 nitrogen and oxygen atoms in total. The lowest BCUT2D eigenvalue weighted by Crippen LogP contribution is -2.21. The van der Waals surface area contributed by atoms with Crippen LogP contribution in [0.3, 0.4) is 0 Å². The molecule has 9 heteroatoms. The number of amides is 2. The smallest absolute Gasteiger partial charge is 0.256 e. The zero-order valence-corrected chi connectivity index (χ0v) is 16.4. The average Bonchev–Trinajstić information content (AvgIpc) is 3.18. The molecule has 31 heavy (non-hydrogen) atoms. The first-order valence-corrected chi connectivity index (χ1v) is 9.41. The Bertz CT molecular complexity index is 1260. The van der Waals surface area contributed by atoms with Crippen molar-refractivity contribution < 1.29 is 9.59 Å². The molecule has 1 aromatic carbocycles. The van der Waals surface area contributed by atoms with Crippen molar-refractivity contribution in [1.82, 2.24) is 24.7 Å². The highest BCUT2D eigenvalue weighted by Crippen LogP contribution is 2.28. The predicted molar refractivity (Wildman–Crippen MR) is 117 cm³/mol. The van der Waals surface area contributed by atoms with Gasteiger partial charge in [0.05, 0.1) is 6.54 Å². The first kappa shape index (κ1) is 19.8. The number of carbonyl (C=O) groups is 2. The van der Waals surface area contributed by atoms with Crippen molar-refractivity contribution >= 4 is 29.0 Å². The van der Waals surface area contributed by atoms with Crippen LogP contribution < -0.4 is 16.4 Å². The van der Waals surface area contributed by atoms with Gasteiger partial charge in [-0.25, -0.2) is 15.0 Å². The van der Waals surface area contributed by atoms with Crippen LogP contribution in [0, 0.1) is 0 Å². The number of imidazole rings is 1. The monoisotopic (exact) mass is 413 g/mol. The van der Waals surface area contributed by atoms with E-state index in [2.05, 4.69) is 32.2 Å². The van der Waals surface area contributed by atoms with Gasteiger partial charge in [0.2, 0.25) is 5.91 Å². The van der Waals surface area contributed by atoms with E-state index in [0.717, 1.165) is 5.56 Å². The minimum atomic E-state index is -0.302. The van der Waals surface area contributed by atoms with E-state index in [0.29, 0.717) is 34.2 Å². The van der Waals surface area contributed by atoms with Crippen LogP contribution in [-0.4, -0.2) is 31.2 Å². The highest BCUT2D eigenvalue weighted by molar-refractivity contribution is 6.04. The number of benzene rings is 1. The lowest BCUT2D eigenvalue weighted by molar-refractivity contribution is -0.116. The van der Waals surface area contributed by atoms with Gasteiger partial charge in [0.1, 0.15) is 28.7 Å². The predicted octanol–water partition coefficient (Wildman–Crippen LogP) is 2.43. The van der Waals surface area contributed by atoms with Gasteiger partial charge in [-0.1, -0.05) is 24.8 Å². The normalized spacial score (nSPS) is 10.6. The minimum Gasteiger partial charge on any atom is -0.382 e. The molecule has 0 atom stereocenters. The molecular formula is C22H19N7O2. The zero-order chi connectivity index (χ0) is 21.8. The fourth-order valence-electron chi connectivity index (χ4n) is 3.09. The lowest BCUT2D eigenvalue weighted by atomic mass is 10.1. The maximum atomic E-state index is 12.5. The van der Waals surface area contributed by atoms with Crippen molar-refractivity contribution in [2.75, 3.05) is 11.1 Å². The van der Waals surface area contributed by atoms with Crippen LogP contribution in [-0.2, 0) is 11.3 Å². The molecule has 0 unspecified atom stereocenters. The molecule has 154 valence electrons. The summed E-state index contributed by atoms with van der Waals surface area (Å²) in [4.78, 5) is 36.9. The molecule has 0 aliphatic heterocycles. The Morgan fingerprint density at radius 1 is 1.10 bits per heavy atom. The van der Waals surface area contributed by atoms with Crippen LogP contribution in [0.1, 0.15) is 16.2 Å². The summed E-state index contributed by atoms with van der Waals surface area (Å²) in [6, 6.07) is 12.3. The number of hydrogen-bond acceptors (Lipinski definition) is 6. The number of nitrogens with one attached hydrogen (secondary N) is 2. The van der Waals surface area contributed by atoms with Gasteiger partial charge in [-0.3, -0.25) is 14.0 Å². The summed E-state index contributed by atoms with van der Waals surface area (Å²) in [7, 11) is 0. The van der Waals surface area contributed by atoms with Gasteiger partial charge in [-0.05, 0) is 30.3 Å². The SMILES string of the molecule is C=CC(=O)NCc1nc(-c2ccc(C(=O)Nc3ccccn3)cc2)c2c(N)nccn12. The maximum absolute atomic E-state index is 12.5. The molecule has 0 radical (unpaired) electrons. The van der Waals surface area contributed by atoms with Crippen molar-refractivity contribution in [3.8, 4) is 11.3 Å². The van der Waals surface area contributed by atoms with Crippen LogP contribution in [0.4, 0.5) is 11.6 Å². The van der Waals surface area contributed by atoms with Gasteiger partial charge in [-0.15, -0.1) is 0 Å². The molecule has 0 aliphatic carbocycles. The molecule has 0 spiro atoms. The number of fused-ring (bicyclic) bond motifs is 1. The Kier molecular flexibility index (Phi) is 5.39. The maximum Gasteiger partial charge on any atom is 0.256 e. The quantitative estimate of drug-likeness (QED) is 0.417. The summed E-state index contributed by atoms with van der Waals surface area (Å²) >= 11 is 0. The van der Waals surface area contributed by atoms with Crippen molar-refractivity contribution in [3.63, 3.8) is 0 Å². The topological polar surface area (TPSA) is 127 Å². The summed E-state index contributed by atoms with van der Waals surface area (Å²) in [5.41, 5.74) is 8.56. The third kappa shape index (κ3) is 4.10. The second-order valence-corrected chi connectivity index (χ2v) is 6.58. The van der Waals surface area contributed by atoms with E-state index in [1.807, 2.05) is 0 Å². The standard InChI is InChI=1S/C22H19N7O2/c1-2-18(30)26-13-17-28-19(20-21(23)25-11-12-29(17)20)14-6-8-15(9-7-14)22(31)27-16-5-3-4-10-24-16/h2-12H,1,13H2,(H2,23,25)(H,26,30)(H,24,27,31). The number of nitrogens with two attached hydrogens (primary N) is 1. The fraction of sp³-hybridized carbons (Fsp3) is 0.0455. The lowest BCUT2D eigenvalue weighted by Gasteiger charge is -2.05. The molecule has 0 fully saturated rings. The fourth-order valence-corrected chi connectivity index (χ4v) is 3.09. The number of rotatable bonds is 6. The first-order chi connectivity index (χ1) is 15.1. The number of nitrogens with zero attached hydrogens (tertiary/aromatic N) is 4. The number of aromatic nitrogens is 4. The Morgan fingerprint density at radius 3 is 2.61 bits per heavy atom. The third-order valence-electron chi connectivity index (χ3n) is 4.59. The van der Waals surface area contributed by atoms with Gasteiger partial charge in [0, 0.05) is 29.7 Å². The summed E-state index contributed by atoms with van der Waals surface area (Å²) in [6.45, 7) is 3.64. The van der Waals surface area contributed by atoms with Crippen LogP contribution >= 0.6 is 0 Å². The number of anilines is 2. The number of hydrogen-bond donors (Lipinski definition) is 3. The second kappa shape index (κ2) is 8.46. The number of carbonyl (C=O) groups excluding carboxylic acids is 2. The van der Waals surface area contributed by atoms with Gasteiger partial charge in [0.15, 0.2) is 0 Å². The Balaban J connectivity index is 1.64. The van der Waals surface area contributed by atoms with Gasteiger partial charge in [-0.2, -0.15) is 0 Å². The average molecular weight is 413 g/mol. The van der Waals surface area contributed by atoms with E-state index in [4.69, 9.17) is 5.73 Å². The molecule has 4 rings (SSSR count). The van der Waals surface area contributed by atoms with E-state index in [1.165, 1.54) is 6.08 Å². The molecule has 0 aliphatic rings. The molecule has 4 aromatic rings. The highest BCUT2D eigenvalue weighted by Gasteiger charge is 2.17. The Labute approximate surface area is 177 Å². The molecular weight excluding hydrogens is 394 g/mol. The van der Waals surface area contributed by atoms with Gasteiger partial charge >= 0.3 is 0 Å². The Morgan fingerprint density at radius 2 is 1.90 bits per heavy atom. The van der Waals surface area contributed by atoms with Crippen molar-refractivity contribution in [2.45, 2.75) is 6.54 Å². The van der Waals surface area contributed by atoms with E-state index >= 15 is 0 Å². The number of pyridine rings is 1. The van der Waals surface area contributed by atoms with Crippen LogP contribution in [0.2, 0.25) is 0 Å². The van der Waals surface area contributed by atoms with Gasteiger partial charge in [0.25, 0.3) is 5.91 Å². The molecule has 4 N–H and O–H groups in total. The largest absolute Gasteiger partial charge is 0.382 e. The van der Waals surface area contributed by atoms with E-state index < -0.39 is 0 Å². The number of nitrogen functional groups attached to an aromatic ring is 1. The zero-order valence-electron chi connectivity index (χ0n) is 16.4. The second-order valence-electron chi connectivity index (χ2n) is 6.58.